The number of halogens is 5. The molecule has 0 saturated heterocycles. The number of nitrogens with one attached hydrogen (secondary N) is 1. The Morgan fingerprint density at radius 3 is 1.95 bits per heavy atom. The molecule has 0 unspecified atom stereocenters. The van der Waals surface area contributed by atoms with Crippen LogP contribution < -0.4 is 0 Å². The number of aromatic amines is 1. The van der Waals surface area contributed by atoms with E-state index in [0.717, 1.165) is 0 Å². The molecule has 114 valence electrons. The summed E-state index contributed by atoms with van der Waals surface area (Å²) in [7, 11) is 0. The number of aromatic nitrogens is 1. The zero-order valence-corrected chi connectivity index (χ0v) is 11.9. The minimum absolute atomic E-state index is 0.416. The number of aryl methyl sites for hydroxylation is 1. The predicted octanol–water partition coefficient (Wildman–Crippen LogP) is 5.32. The molecule has 1 aromatic heterocycles. The first kappa shape index (κ1) is 14.9. The van der Waals surface area contributed by atoms with E-state index in [1.54, 1.807) is 31.2 Å². The number of rotatable bonds is 2. The van der Waals surface area contributed by atoms with E-state index in [-0.39, 0.29) is 0 Å². The van der Waals surface area contributed by atoms with Crippen molar-refractivity contribution in [2.75, 3.05) is 0 Å². The molecule has 0 spiro atoms. The van der Waals surface area contributed by atoms with E-state index in [2.05, 4.69) is 4.98 Å². The van der Waals surface area contributed by atoms with Crippen LogP contribution in [0.3, 0.4) is 0 Å². The Balaban J connectivity index is 2.20. The van der Waals surface area contributed by atoms with Crippen LogP contribution in [0.1, 0.15) is 5.69 Å². The maximum Gasteiger partial charge on any atom is 0.200 e. The van der Waals surface area contributed by atoms with Gasteiger partial charge < -0.3 is 4.98 Å². The summed E-state index contributed by atoms with van der Waals surface area (Å²) in [4.78, 5) is 2.50. The third-order valence-electron chi connectivity index (χ3n) is 3.21. The van der Waals surface area contributed by atoms with Gasteiger partial charge in [0, 0.05) is 21.5 Å². The smallest absolute Gasteiger partial charge is 0.200 e. The Labute approximate surface area is 126 Å². The molecule has 0 aliphatic rings. The molecule has 2 aromatic carbocycles. The lowest BCUT2D eigenvalue weighted by atomic mass is 10.2. The fraction of sp³-hybridized carbons (Fsp3) is 0.0667. The average molecular weight is 329 g/mol. The van der Waals surface area contributed by atoms with Crippen LogP contribution in [0.15, 0.2) is 34.1 Å². The normalized spacial score (nSPS) is 11.4. The van der Waals surface area contributed by atoms with Crippen LogP contribution in [0.4, 0.5) is 22.0 Å². The summed E-state index contributed by atoms with van der Waals surface area (Å²) >= 11 is 0.513. The van der Waals surface area contributed by atoms with E-state index in [4.69, 9.17) is 0 Å². The fourth-order valence-corrected chi connectivity index (χ4v) is 3.21. The molecule has 1 nitrogen and oxygen atoms in total. The molecule has 3 aromatic rings. The number of hydrogen-bond acceptors (Lipinski definition) is 1. The molecule has 0 aliphatic carbocycles. The van der Waals surface area contributed by atoms with Crippen molar-refractivity contribution in [3.8, 4) is 0 Å². The average Bonchev–Trinajstić information content (AvgIpc) is 2.83. The lowest BCUT2D eigenvalue weighted by Gasteiger charge is -2.08. The Hall–Kier alpha value is -2.02. The number of benzene rings is 2. The number of para-hydroxylation sites is 1. The first-order chi connectivity index (χ1) is 10.4. The van der Waals surface area contributed by atoms with Crippen LogP contribution in [0.5, 0.6) is 0 Å². The Morgan fingerprint density at radius 1 is 0.773 bits per heavy atom. The zero-order valence-electron chi connectivity index (χ0n) is 11.1. The molecule has 1 heterocycles. The van der Waals surface area contributed by atoms with Gasteiger partial charge in [0.15, 0.2) is 23.3 Å². The molecule has 3 rings (SSSR count). The van der Waals surface area contributed by atoms with Gasteiger partial charge in [-0.25, -0.2) is 22.0 Å². The molecule has 0 aliphatic heterocycles. The second-order valence-electron chi connectivity index (χ2n) is 4.63. The minimum Gasteiger partial charge on any atom is -0.358 e. The molecular weight excluding hydrogens is 321 g/mol. The van der Waals surface area contributed by atoms with Crippen LogP contribution in [0.25, 0.3) is 10.9 Å². The lowest BCUT2D eigenvalue weighted by molar-refractivity contribution is 0.361. The topological polar surface area (TPSA) is 15.8 Å². The second-order valence-corrected chi connectivity index (χ2v) is 5.65. The van der Waals surface area contributed by atoms with E-state index >= 15 is 0 Å². The van der Waals surface area contributed by atoms with Gasteiger partial charge in [0.05, 0.1) is 4.90 Å². The van der Waals surface area contributed by atoms with Crippen molar-refractivity contribution in [3.63, 3.8) is 0 Å². The van der Waals surface area contributed by atoms with Gasteiger partial charge in [-0.3, -0.25) is 0 Å². The van der Waals surface area contributed by atoms with Crippen LogP contribution >= 0.6 is 11.8 Å². The summed E-state index contributed by atoms with van der Waals surface area (Å²) in [6.45, 7) is 1.66. The first-order valence-corrected chi connectivity index (χ1v) is 7.00. The Kier molecular flexibility index (Phi) is 3.60. The van der Waals surface area contributed by atoms with Gasteiger partial charge in [0.1, 0.15) is 0 Å². The fourth-order valence-electron chi connectivity index (χ4n) is 2.16. The van der Waals surface area contributed by atoms with Crippen molar-refractivity contribution in [1.29, 1.82) is 0 Å². The van der Waals surface area contributed by atoms with E-state index in [9.17, 15) is 22.0 Å². The molecule has 0 atom stereocenters. The molecule has 0 amide bonds. The van der Waals surface area contributed by atoms with Gasteiger partial charge in [-0.2, -0.15) is 0 Å². The number of H-pyrrole nitrogens is 1. The van der Waals surface area contributed by atoms with E-state index in [0.29, 0.717) is 33.3 Å². The van der Waals surface area contributed by atoms with E-state index < -0.39 is 34.0 Å². The van der Waals surface area contributed by atoms with Gasteiger partial charge in [-0.1, -0.05) is 30.0 Å². The summed E-state index contributed by atoms with van der Waals surface area (Å²) < 4.78 is 67.1. The Morgan fingerprint density at radius 2 is 1.32 bits per heavy atom. The molecular formula is C15H8F5NS. The van der Waals surface area contributed by atoms with Gasteiger partial charge in [-0.15, -0.1) is 0 Å². The van der Waals surface area contributed by atoms with Crippen LogP contribution in [-0.2, 0) is 0 Å². The molecule has 22 heavy (non-hydrogen) atoms. The largest absolute Gasteiger partial charge is 0.358 e. The van der Waals surface area contributed by atoms with Crippen molar-refractivity contribution in [1.82, 2.24) is 4.98 Å². The molecule has 0 saturated carbocycles. The van der Waals surface area contributed by atoms with Gasteiger partial charge in [-0.05, 0) is 13.0 Å². The highest BCUT2D eigenvalue weighted by atomic mass is 32.2. The molecule has 0 bridgehead atoms. The van der Waals surface area contributed by atoms with Crippen LogP contribution in [-0.4, -0.2) is 4.98 Å². The number of hydrogen-bond donors (Lipinski definition) is 1. The van der Waals surface area contributed by atoms with Gasteiger partial charge in [0.2, 0.25) is 5.82 Å². The maximum absolute atomic E-state index is 13.8. The van der Waals surface area contributed by atoms with Crippen molar-refractivity contribution in [2.24, 2.45) is 0 Å². The second kappa shape index (κ2) is 5.31. The third kappa shape index (κ3) is 2.16. The third-order valence-corrected chi connectivity index (χ3v) is 4.50. The molecule has 7 heteroatoms. The van der Waals surface area contributed by atoms with Crippen molar-refractivity contribution in [3.05, 3.63) is 59.0 Å². The predicted molar refractivity (Wildman–Crippen MR) is 73.4 cm³/mol. The van der Waals surface area contributed by atoms with Crippen molar-refractivity contribution >= 4 is 22.7 Å². The Bertz CT molecular complexity index is 858. The standard InChI is InChI=1S/C15H8F5NS/c1-6-14(7-4-2-3-5-8(7)21-6)22-15-12(19)10(17)9(16)11(18)13(15)20/h2-5,21H,1H3. The maximum atomic E-state index is 13.8. The first-order valence-electron chi connectivity index (χ1n) is 6.18. The zero-order chi connectivity index (χ0) is 16.0. The quantitative estimate of drug-likeness (QED) is 0.382. The van der Waals surface area contributed by atoms with Crippen LogP contribution in [0.2, 0.25) is 0 Å². The van der Waals surface area contributed by atoms with Gasteiger partial charge in [0.25, 0.3) is 0 Å². The highest BCUT2D eigenvalue weighted by Gasteiger charge is 2.27. The van der Waals surface area contributed by atoms with E-state index in [1.165, 1.54) is 0 Å². The highest BCUT2D eigenvalue weighted by molar-refractivity contribution is 7.99. The van der Waals surface area contributed by atoms with Gasteiger partial charge >= 0.3 is 0 Å². The summed E-state index contributed by atoms with van der Waals surface area (Å²) in [5.41, 5.74) is 1.29. The lowest BCUT2D eigenvalue weighted by Crippen LogP contribution is -2.03. The summed E-state index contributed by atoms with van der Waals surface area (Å²) in [5, 5.41) is 0.647. The number of fused-ring (bicyclic) bond motifs is 1. The highest BCUT2D eigenvalue weighted by Crippen LogP contribution is 2.40. The summed E-state index contributed by atoms with van der Waals surface area (Å²) in [5.74, 6) is -9.70. The molecule has 1 N–H and O–H groups in total. The minimum atomic E-state index is -2.16. The summed E-state index contributed by atoms with van der Waals surface area (Å²) in [6.07, 6.45) is 0. The van der Waals surface area contributed by atoms with Crippen molar-refractivity contribution < 1.29 is 22.0 Å². The van der Waals surface area contributed by atoms with E-state index in [1.807, 2.05) is 0 Å². The van der Waals surface area contributed by atoms with Crippen molar-refractivity contribution in [2.45, 2.75) is 16.7 Å². The molecule has 0 fully saturated rings. The van der Waals surface area contributed by atoms with Crippen LogP contribution in [0, 0.1) is 36.0 Å². The monoisotopic (exact) mass is 329 g/mol. The SMILES string of the molecule is Cc1[nH]c2ccccc2c1Sc1c(F)c(F)c(F)c(F)c1F. The summed E-state index contributed by atoms with van der Waals surface area (Å²) in [6, 6.07) is 6.95. The molecule has 0 radical (unpaired) electrons.